The zero-order valence-electron chi connectivity index (χ0n) is 20.1. The van der Waals surface area contributed by atoms with E-state index in [2.05, 4.69) is 19.2 Å². The SMILES string of the molecule is COc1ccc([C@H](CC(C)C)NC(=O)CN(c2cccc(C)c2)S(=O)(=O)c2ccccc2)cc1. The van der Waals surface area contributed by atoms with E-state index in [-0.39, 0.29) is 23.4 Å². The number of sulfonamides is 1. The Morgan fingerprint density at radius 1 is 0.971 bits per heavy atom. The van der Waals surface area contributed by atoms with Crippen LogP contribution in [0.15, 0.2) is 83.8 Å². The first-order valence-corrected chi connectivity index (χ1v) is 12.7. The number of nitrogens with zero attached hydrogens (tertiary/aromatic N) is 1. The molecule has 3 rings (SSSR count). The average Bonchev–Trinajstić information content (AvgIpc) is 2.82. The van der Waals surface area contributed by atoms with Crippen LogP contribution in [0.4, 0.5) is 5.69 Å². The Bertz CT molecular complexity index is 1190. The second-order valence-corrected chi connectivity index (χ2v) is 10.5. The van der Waals surface area contributed by atoms with Gasteiger partial charge >= 0.3 is 0 Å². The van der Waals surface area contributed by atoms with Gasteiger partial charge in [-0.2, -0.15) is 0 Å². The monoisotopic (exact) mass is 480 g/mol. The van der Waals surface area contributed by atoms with Gasteiger partial charge in [0.25, 0.3) is 10.0 Å². The van der Waals surface area contributed by atoms with Crippen molar-refractivity contribution in [3.63, 3.8) is 0 Å². The van der Waals surface area contributed by atoms with Crippen molar-refractivity contribution in [3.8, 4) is 5.75 Å². The van der Waals surface area contributed by atoms with E-state index in [1.165, 1.54) is 16.4 Å². The quantitative estimate of drug-likeness (QED) is 0.438. The minimum atomic E-state index is -3.94. The summed E-state index contributed by atoms with van der Waals surface area (Å²) in [6.07, 6.45) is 0.716. The predicted molar refractivity (Wildman–Crippen MR) is 135 cm³/mol. The molecule has 0 spiro atoms. The number of aryl methyl sites for hydroxylation is 1. The molecule has 6 nitrogen and oxygen atoms in total. The fraction of sp³-hybridized carbons (Fsp3) is 0.296. The molecule has 0 aliphatic heterocycles. The third-order valence-corrected chi connectivity index (χ3v) is 7.26. The van der Waals surface area contributed by atoms with Gasteiger partial charge in [-0.1, -0.05) is 56.3 Å². The molecule has 7 heteroatoms. The number of nitrogens with one attached hydrogen (secondary N) is 1. The van der Waals surface area contributed by atoms with Crippen LogP contribution in [0.25, 0.3) is 0 Å². The van der Waals surface area contributed by atoms with Crippen LogP contribution in [0.3, 0.4) is 0 Å². The van der Waals surface area contributed by atoms with Gasteiger partial charge in [0.05, 0.1) is 23.7 Å². The van der Waals surface area contributed by atoms with E-state index in [0.29, 0.717) is 18.0 Å². The van der Waals surface area contributed by atoms with Gasteiger partial charge in [-0.05, 0) is 66.8 Å². The Hall–Kier alpha value is -3.32. The number of anilines is 1. The van der Waals surface area contributed by atoms with E-state index in [9.17, 15) is 13.2 Å². The van der Waals surface area contributed by atoms with Crippen LogP contribution in [-0.4, -0.2) is 28.0 Å². The van der Waals surface area contributed by atoms with Crippen LogP contribution in [-0.2, 0) is 14.8 Å². The zero-order valence-corrected chi connectivity index (χ0v) is 20.9. The number of benzene rings is 3. The van der Waals surface area contributed by atoms with Gasteiger partial charge in [-0.25, -0.2) is 8.42 Å². The molecular weight excluding hydrogens is 448 g/mol. The summed E-state index contributed by atoms with van der Waals surface area (Å²) in [6, 6.07) is 22.6. The highest BCUT2D eigenvalue weighted by molar-refractivity contribution is 7.92. The maximum Gasteiger partial charge on any atom is 0.264 e. The van der Waals surface area contributed by atoms with Crippen LogP contribution in [0.1, 0.15) is 37.4 Å². The van der Waals surface area contributed by atoms with Gasteiger partial charge in [0, 0.05) is 0 Å². The van der Waals surface area contributed by atoms with Crippen LogP contribution < -0.4 is 14.4 Å². The highest BCUT2D eigenvalue weighted by atomic mass is 32.2. The lowest BCUT2D eigenvalue weighted by atomic mass is 9.97. The van der Waals surface area contributed by atoms with Crippen LogP contribution in [0.2, 0.25) is 0 Å². The Balaban J connectivity index is 1.90. The molecule has 0 saturated heterocycles. The van der Waals surface area contributed by atoms with Crippen molar-refractivity contribution in [2.24, 2.45) is 5.92 Å². The van der Waals surface area contributed by atoms with Crippen molar-refractivity contribution in [2.75, 3.05) is 18.0 Å². The first kappa shape index (κ1) is 25.3. The normalized spacial score (nSPS) is 12.3. The average molecular weight is 481 g/mol. The minimum absolute atomic E-state index is 0.137. The Morgan fingerprint density at radius 2 is 1.65 bits per heavy atom. The van der Waals surface area contributed by atoms with Crippen molar-refractivity contribution in [1.82, 2.24) is 5.32 Å². The van der Waals surface area contributed by atoms with E-state index < -0.39 is 10.0 Å². The number of hydrogen-bond acceptors (Lipinski definition) is 4. The van der Waals surface area contributed by atoms with Gasteiger partial charge in [-0.15, -0.1) is 0 Å². The van der Waals surface area contributed by atoms with E-state index in [1.54, 1.807) is 43.5 Å². The third kappa shape index (κ3) is 6.38. The molecule has 3 aromatic rings. The van der Waals surface area contributed by atoms with Crippen LogP contribution in [0.5, 0.6) is 5.75 Å². The molecule has 0 saturated carbocycles. The first-order chi connectivity index (χ1) is 16.2. The zero-order chi connectivity index (χ0) is 24.7. The summed E-state index contributed by atoms with van der Waals surface area (Å²) < 4.78 is 33.4. The van der Waals surface area contributed by atoms with E-state index in [1.807, 2.05) is 37.3 Å². The number of ether oxygens (including phenoxy) is 1. The lowest BCUT2D eigenvalue weighted by molar-refractivity contribution is -0.120. The van der Waals surface area contributed by atoms with E-state index in [4.69, 9.17) is 4.74 Å². The Kier molecular flexibility index (Phi) is 8.34. The minimum Gasteiger partial charge on any atom is -0.497 e. The molecule has 3 aromatic carbocycles. The molecular formula is C27H32N2O4S. The predicted octanol–water partition coefficient (Wildman–Crippen LogP) is 5.10. The van der Waals surface area contributed by atoms with Gasteiger partial charge in [0.2, 0.25) is 5.91 Å². The number of carbonyl (C=O) groups excluding carboxylic acids is 1. The van der Waals surface area contributed by atoms with Gasteiger partial charge < -0.3 is 10.1 Å². The summed E-state index contributed by atoms with van der Waals surface area (Å²) in [5.74, 6) is 0.689. The molecule has 0 radical (unpaired) electrons. The number of methoxy groups -OCH3 is 1. The second kappa shape index (κ2) is 11.2. The van der Waals surface area contributed by atoms with Crippen molar-refractivity contribution in [1.29, 1.82) is 0 Å². The van der Waals surface area contributed by atoms with Gasteiger partial charge in [0.15, 0.2) is 0 Å². The van der Waals surface area contributed by atoms with Crippen LogP contribution in [0, 0.1) is 12.8 Å². The number of amides is 1. The third-order valence-electron chi connectivity index (χ3n) is 5.47. The molecule has 180 valence electrons. The summed E-state index contributed by atoms with van der Waals surface area (Å²) in [7, 11) is -2.34. The lowest BCUT2D eigenvalue weighted by Gasteiger charge is -2.27. The maximum absolute atomic E-state index is 13.5. The van der Waals surface area contributed by atoms with Crippen molar-refractivity contribution >= 4 is 21.6 Å². The lowest BCUT2D eigenvalue weighted by Crippen LogP contribution is -2.42. The topological polar surface area (TPSA) is 75.7 Å². The molecule has 0 unspecified atom stereocenters. The molecule has 0 bridgehead atoms. The maximum atomic E-state index is 13.5. The van der Waals surface area contributed by atoms with Gasteiger partial charge in [0.1, 0.15) is 12.3 Å². The molecule has 34 heavy (non-hydrogen) atoms. The summed E-state index contributed by atoms with van der Waals surface area (Å²) >= 11 is 0. The van der Waals surface area contributed by atoms with E-state index >= 15 is 0 Å². The van der Waals surface area contributed by atoms with Crippen molar-refractivity contribution in [2.45, 2.75) is 38.1 Å². The standard InChI is InChI=1S/C27H32N2O4S/c1-20(2)17-26(22-13-15-24(33-4)16-14-22)28-27(30)19-29(23-10-8-9-21(3)18-23)34(31,32)25-11-6-5-7-12-25/h5-16,18,20,26H,17,19H2,1-4H3,(H,28,30)/t26-/m0/s1. The molecule has 1 atom stereocenters. The number of rotatable bonds is 10. The highest BCUT2D eigenvalue weighted by Crippen LogP contribution is 2.26. The summed E-state index contributed by atoms with van der Waals surface area (Å²) in [4.78, 5) is 13.4. The Labute approximate surface area is 202 Å². The molecule has 0 fully saturated rings. The summed E-state index contributed by atoms with van der Waals surface area (Å²) in [5, 5.41) is 3.05. The van der Waals surface area contributed by atoms with Crippen molar-refractivity contribution < 1.29 is 17.9 Å². The molecule has 0 aliphatic carbocycles. The second-order valence-electron chi connectivity index (χ2n) is 8.69. The Morgan fingerprint density at radius 3 is 2.24 bits per heavy atom. The molecule has 0 aromatic heterocycles. The summed E-state index contributed by atoms with van der Waals surface area (Å²) in [5.41, 5.74) is 2.29. The molecule has 1 amide bonds. The largest absolute Gasteiger partial charge is 0.497 e. The van der Waals surface area contributed by atoms with Gasteiger partial charge in [-0.3, -0.25) is 9.10 Å². The smallest absolute Gasteiger partial charge is 0.264 e. The number of hydrogen-bond donors (Lipinski definition) is 1. The first-order valence-electron chi connectivity index (χ1n) is 11.3. The number of carbonyl (C=O) groups is 1. The molecule has 0 aliphatic rings. The molecule has 0 heterocycles. The fourth-order valence-corrected chi connectivity index (χ4v) is 5.21. The van der Waals surface area contributed by atoms with Crippen molar-refractivity contribution in [3.05, 3.63) is 90.0 Å². The molecule has 1 N–H and O–H groups in total. The fourth-order valence-electron chi connectivity index (χ4n) is 3.77. The van der Waals surface area contributed by atoms with E-state index in [0.717, 1.165) is 16.9 Å². The summed E-state index contributed by atoms with van der Waals surface area (Å²) in [6.45, 7) is 5.73. The highest BCUT2D eigenvalue weighted by Gasteiger charge is 2.28. The van der Waals surface area contributed by atoms with Crippen LogP contribution >= 0.6 is 0 Å².